The number of hydrogen-bond acceptors (Lipinski definition) is 1. The van der Waals surface area contributed by atoms with Crippen LogP contribution in [-0.4, -0.2) is 5.78 Å². The summed E-state index contributed by atoms with van der Waals surface area (Å²) in [6.45, 7) is 0. The average molecular weight is 409 g/mol. The highest BCUT2D eigenvalue weighted by atomic mass is 79.9. The SMILES string of the molecule is O=C(c1ccc(Br)c(Cl)c1)c1ccc(Br)c(Cl)c1. The first-order valence-corrected chi connectivity index (χ1v) is 7.28. The van der Waals surface area contributed by atoms with Gasteiger partial charge < -0.3 is 0 Å². The molecule has 1 nitrogen and oxygen atoms in total. The van der Waals surface area contributed by atoms with E-state index in [9.17, 15) is 4.79 Å². The van der Waals surface area contributed by atoms with Gasteiger partial charge in [-0.25, -0.2) is 0 Å². The van der Waals surface area contributed by atoms with Crippen molar-refractivity contribution in [3.63, 3.8) is 0 Å². The Balaban J connectivity index is 2.41. The molecule has 0 bridgehead atoms. The molecular formula is C13H6Br2Cl2O. The first kappa shape index (κ1) is 14.1. The lowest BCUT2D eigenvalue weighted by Crippen LogP contribution is -2.01. The molecule has 92 valence electrons. The van der Waals surface area contributed by atoms with Crippen LogP contribution in [0, 0.1) is 0 Å². The lowest BCUT2D eigenvalue weighted by Gasteiger charge is -2.04. The maximum atomic E-state index is 12.2. The molecule has 0 amide bonds. The fraction of sp³-hybridized carbons (Fsp3) is 0. The van der Waals surface area contributed by atoms with Crippen molar-refractivity contribution >= 4 is 60.8 Å². The predicted octanol–water partition coefficient (Wildman–Crippen LogP) is 5.75. The third-order valence-electron chi connectivity index (χ3n) is 2.36. The molecular weight excluding hydrogens is 403 g/mol. The van der Waals surface area contributed by atoms with Crippen LogP contribution in [0.5, 0.6) is 0 Å². The topological polar surface area (TPSA) is 17.1 Å². The van der Waals surface area contributed by atoms with Gasteiger partial charge in [0, 0.05) is 20.1 Å². The van der Waals surface area contributed by atoms with Crippen molar-refractivity contribution in [2.45, 2.75) is 0 Å². The van der Waals surface area contributed by atoms with E-state index < -0.39 is 0 Å². The van der Waals surface area contributed by atoms with E-state index in [-0.39, 0.29) is 5.78 Å². The Hall–Kier alpha value is -0.350. The van der Waals surface area contributed by atoms with E-state index in [1.807, 2.05) is 0 Å². The molecule has 0 aliphatic heterocycles. The number of carbonyl (C=O) groups is 1. The van der Waals surface area contributed by atoms with Crippen LogP contribution in [0.15, 0.2) is 45.3 Å². The minimum absolute atomic E-state index is 0.112. The Bertz CT molecular complexity index is 573. The van der Waals surface area contributed by atoms with Crippen LogP contribution in [0.3, 0.4) is 0 Å². The monoisotopic (exact) mass is 406 g/mol. The molecule has 0 radical (unpaired) electrons. The molecule has 0 spiro atoms. The second kappa shape index (κ2) is 5.74. The maximum absolute atomic E-state index is 12.2. The molecule has 0 atom stereocenters. The summed E-state index contributed by atoms with van der Waals surface area (Å²) < 4.78 is 1.52. The Labute approximate surface area is 131 Å². The van der Waals surface area contributed by atoms with Gasteiger partial charge in [-0.05, 0) is 68.3 Å². The number of hydrogen-bond donors (Lipinski definition) is 0. The van der Waals surface area contributed by atoms with Crippen LogP contribution in [-0.2, 0) is 0 Å². The average Bonchev–Trinajstić information content (AvgIpc) is 2.35. The highest BCUT2D eigenvalue weighted by Gasteiger charge is 2.12. The quantitative estimate of drug-likeness (QED) is 0.578. The van der Waals surface area contributed by atoms with Crippen LogP contribution < -0.4 is 0 Å². The van der Waals surface area contributed by atoms with Gasteiger partial charge in [0.25, 0.3) is 0 Å². The van der Waals surface area contributed by atoms with Crippen molar-refractivity contribution in [1.29, 1.82) is 0 Å². The summed E-state index contributed by atoms with van der Waals surface area (Å²) in [6.07, 6.45) is 0. The van der Waals surface area contributed by atoms with E-state index in [0.29, 0.717) is 21.2 Å². The van der Waals surface area contributed by atoms with Gasteiger partial charge in [0.1, 0.15) is 0 Å². The smallest absolute Gasteiger partial charge is 0.193 e. The predicted molar refractivity (Wildman–Crippen MR) is 81.7 cm³/mol. The van der Waals surface area contributed by atoms with Crippen LogP contribution in [0.4, 0.5) is 0 Å². The van der Waals surface area contributed by atoms with E-state index in [0.717, 1.165) is 8.95 Å². The standard InChI is InChI=1S/C13H6Br2Cl2O/c14-9-3-1-7(5-11(9)16)13(18)8-2-4-10(15)12(17)6-8/h1-6H. The maximum Gasteiger partial charge on any atom is 0.193 e. The second-order valence-electron chi connectivity index (χ2n) is 3.59. The zero-order chi connectivity index (χ0) is 13.3. The Morgan fingerprint density at radius 1 is 0.833 bits per heavy atom. The van der Waals surface area contributed by atoms with E-state index in [4.69, 9.17) is 23.2 Å². The Kier molecular flexibility index (Phi) is 4.49. The van der Waals surface area contributed by atoms with Gasteiger partial charge in [0.15, 0.2) is 5.78 Å². The summed E-state index contributed by atoms with van der Waals surface area (Å²) in [5.41, 5.74) is 1.06. The minimum Gasteiger partial charge on any atom is -0.289 e. The van der Waals surface area contributed by atoms with Crippen molar-refractivity contribution in [2.75, 3.05) is 0 Å². The van der Waals surface area contributed by atoms with Crippen LogP contribution in [0.2, 0.25) is 10.0 Å². The van der Waals surface area contributed by atoms with Crippen LogP contribution in [0.1, 0.15) is 15.9 Å². The Morgan fingerprint density at radius 2 is 1.22 bits per heavy atom. The van der Waals surface area contributed by atoms with Crippen molar-refractivity contribution in [2.24, 2.45) is 0 Å². The summed E-state index contributed by atoms with van der Waals surface area (Å²) >= 11 is 18.5. The zero-order valence-corrected chi connectivity index (χ0v) is 13.6. The molecule has 5 heteroatoms. The van der Waals surface area contributed by atoms with Gasteiger partial charge in [0.05, 0.1) is 10.0 Å². The van der Waals surface area contributed by atoms with Gasteiger partial charge in [-0.1, -0.05) is 23.2 Å². The number of halogens is 4. The largest absolute Gasteiger partial charge is 0.289 e. The molecule has 2 rings (SSSR count). The molecule has 0 N–H and O–H groups in total. The van der Waals surface area contributed by atoms with E-state index in [1.54, 1.807) is 36.4 Å². The van der Waals surface area contributed by atoms with Crippen molar-refractivity contribution in [1.82, 2.24) is 0 Å². The van der Waals surface area contributed by atoms with Gasteiger partial charge in [-0.2, -0.15) is 0 Å². The molecule has 2 aromatic carbocycles. The molecule has 2 aromatic rings. The normalized spacial score (nSPS) is 10.4. The van der Waals surface area contributed by atoms with E-state index >= 15 is 0 Å². The molecule has 0 aliphatic carbocycles. The number of carbonyl (C=O) groups excluding carboxylic acids is 1. The van der Waals surface area contributed by atoms with Gasteiger partial charge in [-0.3, -0.25) is 4.79 Å². The molecule has 0 aliphatic rings. The molecule has 18 heavy (non-hydrogen) atoms. The van der Waals surface area contributed by atoms with E-state index in [2.05, 4.69) is 31.9 Å². The van der Waals surface area contributed by atoms with Crippen LogP contribution >= 0.6 is 55.1 Å². The molecule has 0 saturated carbocycles. The summed E-state index contributed by atoms with van der Waals surface area (Å²) in [7, 11) is 0. The van der Waals surface area contributed by atoms with Gasteiger partial charge in [-0.15, -0.1) is 0 Å². The number of benzene rings is 2. The second-order valence-corrected chi connectivity index (χ2v) is 6.11. The molecule has 0 heterocycles. The van der Waals surface area contributed by atoms with Crippen molar-refractivity contribution in [3.8, 4) is 0 Å². The minimum atomic E-state index is -0.112. The third-order valence-corrected chi connectivity index (χ3v) is 4.83. The highest BCUT2D eigenvalue weighted by Crippen LogP contribution is 2.27. The summed E-state index contributed by atoms with van der Waals surface area (Å²) in [4.78, 5) is 12.2. The zero-order valence-electron chi connectivity index (χ0n) is 8.88. The van der Waals surface area contributed by atoms with Crippen LogP contribution in [0.25, 0.3) is 0 Å². The fourth-order valence-corrected chi connectivity index (χ4v) is 2.30. The summed E-state index contributed by atoms with van der Waals surface area (Å²) in [6, 6.07) is 10.2. The molecule has 0 unspecified atom stereocenters. The highest BCUT2D eigenvalue weighted by molar-refractivity contribution is 9.10. The van der Waals surface area contributed by atoms with Gasteiger partial charge in [0.2, 0.25) is 0 Å². The molecule has 0 fully saturated rings. The summed E-state index contributed by atoms with van der Waals surface area (Å²) in [5.74, 6) is -0.112. The Morgan fingerprint density at radius 3 is 1.56 bits per heavy atom. The number of rotatable bonds is 2. The van der Waals surface area contributed by atoms with E-state index in [1.165, 1.54) is 0 Å². The van der Waals surface area contributed by atoms with Crippen molar-refractivity contribution < 1.29 is 4.79 Å². The van der Waals surface area contributed by atoms with Gasteiger partial charge >= 0.3 is 0 Å². The molecule has 0 saturated heterocycles. The molecule has 0 aromatic heterocycles. The first-order chi connectivity index (χ1) is 8.49. The summed E-state index contributed by atoms with van der Waals surface area (Å²) in [5, 5.41) is 1.01. The third kappa shape index (κ3) is 2.97. The van der Waals surface area contributed by atoms with Crippen molar-refractivity contribution in [3.05, 3.63) is 66.5 Å². The lowest BCUT2D eigenvalue weighted by molar-refractivity contribution is 0.103. The fourth-order valence-electron chi connectivity index (χ4n) is 1.44. The lowest BCUT2D eigenvalue weighted by atomic mass is 10.0. The number of ketones is 1. The first-order valence-electron chi connectivity index (χ1n) is 4.94.